The number of halogens is 1. The predicted molar refractivity (Wildman–Crippen MR) is 78.8 cm³/mol. The number of hydrogen-bond acceptors (Lipinski definition) is 3. The molecule has 112 valence electrons. The fourth-order valence-electron chi connectivity index (χ4n) is 3.21. The summed E-state index contributed by atoms with van der Waals surface area (Å²) in [4.78, 5) is 30.1. The largest absolute Gasteiger partial charge is 0.325 e. The maximum absolute atomic E-state index is 12.7. The highest BCUT2D eigenvalue weighted by Gasteiger charge is 2.50. The second-order valence-corrected chi connectivity index (χ2v) is 6.19. The molecule has 1 aromatic rings. The third kappa shape index (κ3) is 2.75. The van der Waals surface area contributed by atoms with E-state index < -0.39 is 5.54 Å². The summed E-state index contributed by atoms with van der Waals surface area (Å²) in [5.74, 6) is -0.0951. The van der Waals surface area contributed by atoms with E-state index in [9.17, 15) is 9.59 Å². The van der Waals surface area contributed by atoms with Gasteiger partial charge in [-0.3, -0.25) is 9.69 Å². The summed E-state index contributed by atoms with van der Waals surface area (Å²) in [7, 11) is 0. The molecule has 1 saturated heterocycles. The number of hydrogen-bond donors (Lipinski definition) is 1. The van der Waals surface area contributed by atoms with E-state index in [0.29, 0.717) is 5.15 Å². The van der Waals surface area contributed by atoms with Crippen molar-refractivity contribution in [3.8, 4) is 0 Å². The Morgan fingerprint density at radius 1 is 1.24 bits per heavy atom. The highest BCUT2D eigenvalue weighted by molar-refractivity contribution is 6.29. The van der Waals surface area contributed by atoms with Crippen molar-refractivity contribution < 1.29 is 9.59 Å². The lowest BCUT2D eigenvalue weighted by atomic mass is 9.90. The SMILES string of the molecule is O=C1NC2(CCCCCC2)C(=O)N1Cc1ccnc(Cl)c1. The second-order valence-electron chi connectivity index (χ2n) is 5.80. The van der Waals surface area contributed by atoms with Gasteiger partial charge in [-0.15, -0.1) is 0 Å². The van der Waals surface area contributed by atoms with Gasteiger partial charge >= 0.3 is 6.03 Å². The molecule has 0 atom stereocenters. The molecule has 1 saturated carbocycles. The van der Waals surface area contributed by atoms with Gasteiger partial charge in [0.15, 0.2) is 0 Å². The fourth-order valence-corrected chi connectivity index (χ4v) is 3.41. The van der Waals surface area contributed by atoms with Crippen molar-refractivity contribution in [2.45, 2.75) is 50.6 Å². The molecule has 5 nitrogen and oxygen atoms in total. The van der Waals surface area contributed by atoms with Crippen LogP contribution in [0.1, 0.15) is 44.1 Å². The van der Waals surface area contributed by atoms with Crippen LogP contribution < -0.4 is 5.32 Å². The average Bonchev–Trinajstić information content (AvgIpc) is 2.63. The number of nitrogens with zero attached hydrogens (tertiary/aromatic N) is 2. The Morgan fingerprint density at radius 3 is 2.62 bits per heavy atom. The summed E-state index contributed by atoms with van der Waals surface area (Å²) in [5, 5.41) is 3.30. The third-order valence-corrected chi connectivity index (χ3v) is 4.54. The number of imide groups is 1. The van der Waals surface area contributed by atoms with Gasteiger partial charge in [0.05, 0.1) is 6.54 Å². The molecule has 1 aliphatic carbocycles. The van der Waals surface area contributed by atoms with Crippen LogP contribution in [0.25, 0.3) is 0 Å². The molecule has 6 heteroatoms. The third-order valence-electron chi connectivity index (χ3n) is 4.33. The topological polar surface area (TPSA) is 62.3 Å². The predicted octanol–water partition coefficient (Wildman–Crippen LogP) is 2.88. The van der Waals surface area contributed by atoms with Crippen molar-refractivity contribution in [2.24, 2.45) is 0 Å². The summed E-state index contributed by atoms with van der Waals surface area (Å²) in [6.07, 6.45) is 7.30. The molecular weight excluding hydrogens is 290 g/mol. The smallest absolute Gasteiger partial charge is 0.323 e. The van der Waals surface area contributed by atoms with Crippen LogP contribution in [0, 0.1) is 0 Å². The average molecular weight is 308 g/mol. The van der Waals surface area contributed by atoms with E-state index in [0.717, 1.165) is 44.1 Å². The Balaban J connectivity index is 1.80. The van der Waals surface area contributed by atoms with Crippen LogP contribution >= 0.6 is 11.6 Å². The van der Waals surface area contributed by atoms with Gasteiger partial charge in [0.1, 0.15) is 10.7 Å². The zero-order valence-corrected chi connectivity index (χ0v) is 12.5. The number of nitrogens with one attached hydrogen (secondary N) is 1. The van der Waals surface area contributed by atoms with Gasteiger partial charge in [0.2, 0.25) is 0 Å². The van der Waals surface area contributed by atoms with E-state index in [1.807, 2.05) is 0 Å². The number of amides is 3. The van der Waals surface area contributed by atoms with E-state index in [-0.39, 0.29) is 18.5 Å². The van der Waals surface area contributed by atoms with Crippen LogP contribution in [-0.4, -0.2) is 27.4 Å². The van der Waals surface area contributed by atoms with Crippen LogP contribution in [0.5, 0.6) is 0 Å². The first-order valence-corrected chi connectivity index (χ1v) is 7.73. The maximum atomic E-state index is 12.7. The lowest BCUT2D eigenvalue weighted by molar-refractivity contribution is -0.132. The minimum atomic E-state index is -0.676. The molecule has 21 heavy (non-hydrogen) atoms. The standard InChI is InChI=1S/C15H18ClN3O2/c16-12-9-11(5-8-17-12)10-19-13(20)15(18-14(19)21)6-3-1-2-4-7-15/h5,8-9H,1-4,6-7,10H2,(H,18,21). The van der Waals surface area contributed by atoms with Gasteiger partial charge in [-0.25, -0.2) is 9.78 Å². The van der Waals surface area contributed by atoms with Gasteiger partial charge in [-0.05, 0) is 30.5 Å². The minimum Gasteiger partial charge on any atom is -0.323 e. The molecule has 2 aliphatic rings. The molecule has 1 spiro atoms. The molecule has 1 aromatic heterocycles. The number of aromatic nitrogens is 1. The number of carbonyl (C=O) groups excluding carboxylic acids is 2. The van der Waals surface area contributed by atoms with Gasteiger partial charge < -0.3 is 5.32 Å². The first-order valence-electron chi connectivity index (χ1n) is 7.35. The lowest BCUT2D eigenvalue weighted by Gasteiger charge is -2.24. The first-order chi connectivity index (χ1) is 10.1. The van der Waals surface area contributed by atoms with Gasteiger partial charge in [-0.1, -0.05) is 37.3 Å². The minimum absolute atomic E-state index is 0.0951. The van der Waals surface area contributed by atoms with E-state index in [1.54, 1.807) is 18.3 Å². The molecule has 0 unspecified atom stereocenters. The van der Waals surface area contributed by atoms with Crippen molar-refractivity contribution in [1.82, 2.24) is 15.2 Å². The summed E-state index contributed by atoms with van der Waals surface area (Å²) >= 11 is 5.85. The van der Waals surface area contributed by atoms with Crippen LogP contribution in [-0.2, 0) is 11.3 Å². The van der Waals surface area contributed by atoms with Crippen LogP contribution in [0.4, 0.5) is 4.79 Å². The van der Waals surface area contributed by atoms with Crippen molar-refractivity contribution in [3.63, 3.8) is 0 Å². The zero-order chi connectivity index (χ0) is 14.9. The molecule has 3 amide bonds. The van der Waals surface area contributed by atoms with Crippen molar-refractivity contribution in [3.05, 3.63) is 29.0 Å². The number of rotatable bonds is 2. The normalized spacial score (nSPS) is 21.5. The van der Waals surface area contributed by atoms with Gasteiger partial charge in [0.25, 0.3) is 5.91 Å². The fraction of sp³-hybridized carbons (Fsp3) is 0.533. The van der Waals surface area contributed by atoms with Crippen LogP contribution in [0.2, 0.25) is 5.15 Å². The Labute approximate surface area is 128 Å². The van der Waals surface area contributed by atoms with Gasteiger partial charge in [-0.2, -0.15) is 0 Å². The Kier molecular flexibility index (Phi) is 3.85. The maximum Gasteiger partial charge on any atom is 0.325 e. The molecule has 0 radical (unpaired) electrons. The highest BCUT2D eigenvalue weighted by atomic mass is 35.5. The summed E-state index contributed by atoms with van der Waals surface area (Å²) in [5.41, 5.74) is 0.133. The number of carbonyl (C=O) groups is 2. The van der Waals surface area contributed by atoms with E-state index in [1.165, 1.54) is 4.90 Å². The number of urea groups is 1. The van der Waals surface area contributed by atoms with Crippen LogP contribution in [0.15, 0.2) is 18.3 Å². The Hall–Kier alpha value is -1.62. The van der Waals surface area contributed by atoms with Gasteiger partial charge in [0, 0.05) is 6.20 Å². The summed E-state index contributed by atoms with van der Waals surface area (Å²) < 4.78 is 0. The quantitative estimate of drug-likeness (QED) is 0.675. The first kappa shape index (κ1) is 14.3. The Morgan fingerprint density at radius 2 is 1.95 bits per heavy atom. The molecule has 2 heterocycles. The molecule has 1 N–H and O–H groups in total. The van der Waals surface area contributed by atoms with E-state index in [4.69, 9.17) is 11.6 Å². The van der Waals surface area contributed by atoms with E-state index >= 15 is 0 Å². The molecule has 0 bridgehead atoms. The second kappa shape index (κ2) is 5.64. The van der Waals surface area contributed by atoms with Crippen molar-refractivity contribution in [2.75, 3.05) is 0 Å². The lowest BCUT2D eigenvalue weighted by Crippen LogP contribution is -2.46. The number of pyridine rings is 1. The molecule has 2 fully saturated rings. The van der Waals surface area contributed by atoms with E-state index in [2.05, 4.69) is 10.3 Å². The van der Waals surface area contributed by atoms with Crippen LogP contribution in [0.3, 0.4) is 0 Å². The molecule has 0 aromatic carbocycles. The highest BCUT2D eigenvalue weighted by Crippen LogP contribution is 2.33. The molecule has 1 aliphatic heterocycles. The monoisotopic (exact) mass is 307 g/mol. The van der Waals surface area contributed by atoms with Crippen molar-refractivity contribution >= 4 is 23.5 Å². The summed E-state index contributed by atoms with van der Waals surface area (Å²) in [6, 6.07) is 3.15. The zero-order valence-electron chi connectivity index (χ0n) is 11.8. The summed E-state index contributed by atoms with van der Waals surface area (Å²) in [6.45, 7) is 0.245. The molecular formula is C15H18ClN3O2. The Bertz CT molecular complexity index is 568. The van der Waals surface area contributed by atoms with Crippen molar-refractivity contribution in [1.29, 1.82) is 0 Å². The molecule has 3 rings (SSSR count).